The first-order valence-electron chi connectivity index (χ1n) is 10.8. The maximum Gasteiger partial charge on any atom is 0.310 e. The molecule has 166 valence electrons. The fourth-order valence-corrected chi connectivity index (χ4v) is 3.73. The van der Waals surface area contributed by atoms with Crippen molar-refractivity contribution in [3.8, 4) is 11.5 Å². The number of hydrogen-bond donors (Lipinski definition) is 2. The molecule has 8 nitrogen and oxygen atoms in total. The van der Waals surface area contributed by atoms with Gasteiger partial charge in [0.25, 0.3) is 0 Å². The minimum absolute atomic E-state index is 0.166. The third-order valence-electron chi connectivity index (χ3n) is 5.30. The Kier molecular flexibility index (Phi) is 6.69. The lowest BCUT2D eigenvalue weighted by Crippen LogP contribution is -2.40. The molecule has 0 aliphatic carbocycles. The van der Waals surface area contributed by atoms with Gasteiger partial charge in [-0.05, 0) is 56.2 Å². The highest BCUT2D eigenvalue weighted by Gasteiger charge is 2.29. The van der Waals surface area contributed by atoms with Gasteiger partial charge in [0.2, 0.25) is 0 Å². The van der Waals surface area contributed by atoms with Gasteiger partial charge in [0, 0.05) is 18.8 Å². The number of anilines is 4. The van der Waals surface area contributed by atoms with Crippen LogP contribution < -0.4 is 20.7 Å². The minimum atomic E-state index is -0.174. The maximum atomic E-state index is 12.2. The van der Waals surface area contributed by atoms with E-state index in [-0.39, 0.29) is 11.9 Å². The molecule has 2 aromatic carbocycles. The Morgan fingerprint density at radius 1 is 1.12 bits per heavy atom. The highest BCUT2D eigenvalue weighted by Crippen LogP contribution is 2.32. The Morgan fingerprint density at radius 2 is 1.88 bits per heavy atom. The van der Waals surface area contributed by atoms with Crippen LogP contribution in [-0.2, 0) is 9.53 Å². The summed E-state index contributed by atoms with van der Waals surface area (Å²) in [5.74, 6) is 2.31. The van der Waals surface area contributed by atoms with Crippen LogP contribution in [0.1, 0.15) is 19.8 Å². The SMILES string of the molecule is CCOC(=O)C1CCCN(c2ncnc(Nc3ccc(Oc4ccccc4)cc3)c2N)C1. The van der Waals surface area contributed by atoms with E-state index in [1.807, 2.05) is 66.4 Å². The summed E-state index contributed by atoms with van der Waals surface area (Å²) >= 11 is 0. The van der Waals surface area contributed by atoms with Gasteiger partial charge >= 0.3 is 5.97 Å². The van der Waals surface area contributed by atoms with Crippen molar-refractivity contribution in [1.82, 2.24) is 9.97 Å². The van der Waals surface area contributed by atoms with Gasteiger partial charge in [-0.25, -0.2) is 9.97 Å². The maximum absolute atomic E-state index is 12.2. The van der Waals surface area contributed by atoms with Crippen LogP contribution in [0.2, 0.25) is 0 Å². The molecule has 1 aromatic heterocycles. The van der Waals surface area contributed by atoms with Gasteiger partial charge < -0.3 is 25.4 Å². The summed E-state index contributed by atoms with van der Waals surface area (Å²) in [6, 6.07) is 17.2. The number of rotatable bonds is 7. The van der Waals surface area contributed by atoms with Crippen molar-refractivity contribution in [3.63, 3.8) is 0 Å². The van der Waals surface area contributed by atoms with Crippen LogP contribution in [0.3, 0.4) is 0 Å². The Hall–Kier alpha value is -3.81. The molecule has 8 heteroatoms. The second-order valence-corrected chi connectivity index (χ2v) is 7.56. The lowest BCUT2D eigenvalue weighted by Gasteiger charge is -2.33. The first kappa shape index (κ1) is 21.4. The number of nitrogens with one attached hydrogen (secondary N) is 1. The summed E-state index contributed by atoms with van der Waals surface area (Å²) < 4.78 is 11.0. The predicted molar refractivity (Wildman–Crippen MR) is 124 cm³/mol. The Balaban J connectivity index is 1.45. The second kappa shape index (κ2) is 10.00. The van der Waals surface area contributed by atoms with Crippen LogP contribution in [0.5, 0.6) is 11.5 Å². The molecule has 1 fully saturated rings. The van der Waals surface area contributed by atoms with Crippen LogP contribution in [0.15, 0.2) is 60.9 Å². The van der Waals surface area contributed by atoms with Crippen LogP contribution in [0.25, 0.3) is 0 Å². The summed E-state index contributed by atoms with van der Waals surface area (Å²) in [7, 11) is 0. The van der Waals surface area contributed by atoms with E-state index >= 15 is 0 Å². The molecule has 4 rings (SSSR count). The van der Waals surface area contributed by atoms with E-state index < -0.39 is 0 Å². The number of piperidine rings is 1. The molecule has 0 saturated carbocycles. The molecule has 3 N–H and O–H groups in total. The minimum Gasteiger partial charge on any atom is -0.466 e. The average Bonchev–Trinajstić information content (AvgIpc) is 2.82. The quantitative estimate of drug-likeness (QED) is 0.530. The molecule has 3 aromatic rings. The molecular formula is C24H27N5O3. The number of nitrogens with zero attached hydrogens (tertiary/aromatic N) is 3. The number of ether oxygens (including phenoxy) is 2. The van der Waals surface area contributed by atoms with Crippen molar-refractivity contribution < 1.29 is 14.3 Å². The fraction of sp³-hybridized carbons (Fsp3) is 0.292. The number of carbonyl (C=O) groups is 1. The van der Waals surface area contributed by atoms with Gasteiger partial charge in [-0.2, -0.15) is 0 Å². The molecule has 2 heterocycles. The van der Waals surface area contributed by atoms with Gasteiger partial charge in [0.05, 0.1) is 12.5 Å². The van der Waals surface area contributed by atoms with Crippen molar-refractivity contribution in [2.75, 3.05) is 35.6 Å². The lowest BCUT2D eigenvalue weighted by atomic mass is 9.98. The van der Waals surface area contributed by atoms with E-state index in [0.29, 0.717) is 30.5 Å². The van der Waals surface area contributed by atoms with Crippen LogP contribution in [0.4, 0.5) is 23.0 Å². The van der Waals surface area contributed by atoms with E-state index in [1.54, 1.807) is 0 Å². The molecule has 0 amide bonds. The number of aromatic nitrogens is 2. The fourth-order valence-electron chi connectivity index (χ4n) is 3.73. The Labute approximate surface area is 187 Å². The topological polar surface area (TPSA) is 103 Å². The van der Waals surface area contributed by atoms with Crippen molar-refractivity contribution in [2.24, 2.45) is 5.92 Å². The Morgan fingerprint density at radius 3 is 2.62 bits per heavy atom. The number of carbonyl (C=O) groups excluding carboxylic acids is 1. The van der Waals surface area contributed by atoms with E-state index in [9.17, 15) is 4.79 Å². The molecule has 1 atom stereocenters. The summed E-state index contributed by atoms with van der Waals surface area (Å²) in [4.78, 5) is 22.9. The molecule has 1 unspecified atom stereocenters. The summed E-state index contributed by atoms with van der Waals surface area (Å²) in [6.07, 6.45) is 3.16. The van der Waals surface area contributed by atoms with Crippen molar-refractivity contribution in [1.29, 1.82) is 0 Å². The zero-order valence-electron chi connectivity index (χ0n) is 18.0. The van der Waals surface area contributed by atoms with Gasteiger partial charge in [-0.3, -0.25) is 4.79 Å². The van der Waals surface area contributed by atoms with Crippen LogP contribution in [0, 0.1) is 5.92 Å². The van der Waals surface area contributed by atoms with Gasteiger partial charge in [0.15, 0.2) is 11.6 Å². The third kappa shape index (κ3) is 5.08. The third-order valence-corrected chi connectivity index (χ3v) is 5.30. The normalized spacial score (nSPS) is 15.8. The van der Waals surface area contributed by atoms with Gasteiger partial charge in [0.1, 0.15) is 23.5 Å². The first-order chi connectivity index (χ1) is 15.6. The number of esters is 1. The number of nitrogens with two attached hydrogens (primary N) is 1. The zero-order chi connectivity index (χ0) is 22.3. The highest BCUT2D eigenvalue weighted by atomic mass is 16.5. The van der Waals surface area contributed by atoms with E-state index in [2.05, 4.69) is 15.3 Å². The molecule has 0 spiro atoms. The number of benzene rings is 2. The zero-order valence-corrected chi connectivity index (χ0v) is 18.0. The Bertz CT molecular complexity index is 1040. The van der Waals surface area contributed by atoms with Crippen molar-refractivity contribution in [2.45, 2.75) is 19.8 Å². The van der Waals surface area contributed by atoms with Gasteiger partial charge in [-0.15, -0.1) is 0 Å². The van der Waals surface area contributed by atoms with E-state index in [0.717, 1.165) is 36.6 Å². The molecule has 1 aliphatic heterocycles. The lowest BCUT2D eigenvalue weighted by molar-refractivity contribution is -0.148. The summed E-state index contributed by atoms with van der Waals surface area (Å²) in [6.45, 7) is 3.51. The molecule has 0 radical (unpaired) electrons. The van der Waals surface area contributed by atoms with Crippen molar-refractivity contribution in [3.05, 3.63) is 60.9 Å². The molecule has 1 saturated heterocycles. The number of nitrogen functional groups attached to an aromatic ring is 1. The average molecular weight is 434 g/mol. The number of para-hydroxylation sites is 1. The highest BCUT2D eigenvalue weighted by molar-refractivity contribution is 5.79. The van der Waals surface area contributed by atoms with Crippen LogP contribution >= 0.6 is 0 Å². The molecule has 0 bridgehead atoms. The van der Waals surface area contributed by atoms with Crippen LogP contribution in [-0.4, -0.2) is 35.6 Å². The molecular weight excluding hydrogens is 406 g/mol. The molecule has 1 aliphatic rings. The molecule has 32 heavy (non-hydrogen) atoms. The smallest absolute Gasteiger partial charge is 0.310 e. The summed E-state index contributed by atoms with van der Waals surface area (Å²) in [5, 5.41) is 3.25. The monoisotopic (exact) mass is 433 g/mol. The van der Waals surface area contributed by atoms with Gasteiger partial charge in [-0.1, -0.05) is 18.2 Å². The van der Waals surface area contributed by atoms with Crippen molar-refractivity contribution >= 4 is 29.0 Å². The van der Waals surface area contributed by atoms with E-state index in [4.69, 9.17) is 15.2 Å². The predicted octanol–water partition coefficient (Wildman–Crippen LogP) is 4.37. The largest absolute Gasteiger partial charge is 0.466 e. The first-order valence-corrected chi connectivity index (χ1v) is 10.8. The van der Waals surface area contributed by atoms with E-state index in [1.165, 1.54) is 6.33 Å². The standard InChI is InChI=1S/C24H27N5O3/c1-2-31-24(30)17-7-6-14-29(15-17)23-21(25)22(26-16-27-23)28-18-10-12-20(13-11-18)32-19-8-4-3-5-9-19/h3-5,8-13,16-17H,2,6-7,14-15,25H2,1H3,(H,26,27,28). The number of hydrogen-bond acceptors (Lipinski definition) is 8. The second-order valence-electron chi connectivity index (χ2n) is 7.56. The summed E-state index contributed by atoms with van der Waals surface area (Å²) in [5.41, 5.74) is 7.67.